The number of aryl methyl sites for hydroxylation is 2. The Kier molecular flexibility index (Phi) is 4.60. The summed E-state index contributed by atoms with van der Waals surface area (Å²) in [5.41, 5.74) is 2.58. The van der Waals surface area contributed by atoms with Gasteiger partial charge in [0.25, 0.3) is 0 Å². The molecule has 134 valence electrons. The molecule has 1 aliphatic rings. The van der Waals surface area contributed by atoms with Crippen molar-refractivity contribution >= 4 is 10.0 Å². The highest BCUT2D eigenvalue weighted by molar-refractivity contribution is 7.89. The average molecular weight is 363 g/mol. The zero-order valence-corrected chi connectivity index (χ0v) is 15.4. The molecular weight excluding hydrogens is 341 g/mol. The standard InChI is InChI=1S/C19H22FNO3S/c1-13-10-17(24-3)18(11-14(13)2)25(22,23)21-12-19(8-9-19)15-4-6-16(20)7-5-15/h4-7,10-11,21H,8-9,12H2,1-3H3. The molecule has 1 aliphatic carbocycles. The maximum absolute atomic E-state index is 13.1. The monoisotopic (exact) mass is 363 g/mol. The van der Waals surface area contributed by atoms with Crippen molar-refractivity contribution < 1.29 is 17.5 Å². The van der Waals surface area contributed by atoms with Crippen molar-refractivity contribution in [2.45, 2.75) is 37.0 Å². The van der Waals surface area contributed by atoms with E-state index in [0.717, 1.165) is 29.5 Å². The van der Waals surface area contributed by atoms with Gasteiger partial charge < -0.3 is 4.74 Å². The van der Waals surface area contributed by atoms with Crippen molar-refractivity contribution in [3.8, 4) is 5.75 Å². The molecule has 2 aromatic carbocycles. The van der Waals surface area contributed by atoms with Crippen LogP contribution in [0, 0.1) is 19.7 Å². The van der Waals surface area contributed by atoms with Crippen LogP contribution >= 0.6 is 0 Å². The minimum Gasteiger partial charge on any atom is -0.495 e. The molecule has 1 fully saturated rings. The van der Waals surface area contributed by atoms with Crippen LogP contribution < -0.4 is 9.46 Å². The van der Waals surface area contributed by atoms with Crippen LogP contribution in [0.3, 0.4) is 0 Å². The number of benzene rings is 2. The van der Waals surface area contributed by atoms with Crippen molar-refractivity contribution in [1.29, 1.82) is 0 Å². The number of nitrogens with one attached hydrogen (secondary N) is 1. The van der Waals surface area contributed by atoms with Gasteiger partial charge in [0.15, 0.2) is 0 Å². The summed E-state index contributed by atoms with van der Waals surface area (Å²) in [6.07, 6.45) is 1.76. The van der Waals surface area contributed by atoms with Crippen molar-refractivity contribution in [2.75, 3.05) is 13.7 Å². The molecule has 1 saturated carbocycles. The molecule has 0 spiro atoms. The van der Waals surface area contributed by atoms with Crippen molar-refractivity contribution in [3.63, 3.8) is 0 Å². The van der Waals surface area contributed by atoms with E-state index >= 15 is 0 Å². The first-order chi connectivity index (χ1) is 11.8. The number of rotatable bonds is 6. The topological polar surface area (TPSA) is 55.4 Å². The van der Waals surface area contributed by atoms with E-state index < -0.39 is 10.0 Å². The Bertz CT molecular complexity index is 888. The van der Waals surface area contributed by atoms with E-state index in [0.29, 0.717) is 5.75 Å². The quantitative estimate of drug-likeness (QED) is 0.855. The van der Waals surface area contributed by atoms with Crippen LogP contribution in [-0.2, 0) is 15.4 Å². The van der Waals surface area contributed by atoms with E-state index in [1.165, 1.54) is 19.2 Å². The van der Waals surface area contributed by atoms with Crippen molar-refractivity contribution in [1.82, 2.24) is 4.72 Å². The number of halogens is 1. The van der Waals surface area contributed by atoms with E-state index in [-0.39, 0.29) is 22.7 Å². The molecule has 0 aliphatic heterocycles. The molecule has 2 aromatic rings. The van der Waals surface area contributed by atoms with Crippen LogP contribution in [0.15, 0.2) is 41.3 Å². The van der Waals surface area contributed by atoms with Crippen LogP contribution in [0.1, 0.15) is 29.5 Å². The first-order valence-corrected chi connectivity index (χ1v) is 9.67. The Hall–Kier alpha value is -1.92. The first-order valence-electron chi connectivity index (χ1n) is 8.18. The highest BCUT2D eigenvalue weighted by Crippen LogP contribution is 2.47. The third kappa shape index (κ3) is 3.55. The van der Waals surface area contributed by atoms with Gasteiger partial charge in [-0.1, -0.05) is 12.1 Å². The molecule has 25 heavy (non-hydrogen) atoms. The predicted octanol–water partition coefficient (Wildman–Crippen LogP) is 3.46. The summed E-state index contributed by atoms with van der Waals surface area (Å²) in [6, 6.07) is 9.65. The Labute approximate surface area is 148 Å². The molecule has 0 amide bonds. The molecule has 1 N–H and O–H groups in total. The SMILES string of the molecule is COc1cc(C)c(C)cc1S(=O)(=O)NCC1(c2ccc(F)cc2)CC1. The number of sulfonamides is 1. The Balaban J connectivity index is 1.83. The van der Waals surface area contributed by atoms with Gasteiger partial charge in [-0.05, 0) is 67.6 Å². The second-order valence-corrected chi connectivity index (χ2v) is 8.43. The average Bonchev–Trinajstić information content (AvgIpc) is 3.37. The van der Waals surface area contributed by atoms with E-state index in [1.807, 2.05) is 13.8 Å². The summed E-state index contributed by atoms with van der Waals surface area (Å²) in [6.45, 7) is 4.07. The summed E-state index contributed by atoms with van der Waals surface area (Å²) in [5.74, 6) is 0.0437. The van der Waals surface area contributed by atoms with Gasteiger partial charge in [0.05, 0.1) is 7.11 Å². The summed E-state index contributed by atoms with van der Waals surface area (Å²) in [4.78, 5) is 0.146. The lowest BCUT2D eigenvalue weighted by Crippen LogP contribution is -2.32. The van der Waals surface area contributed by atoms with Gasteiger partial charge in [-0.2, -0.15) is 0 Å². The molecule has 0 unspecified atom stereocenters. The molecule has 3 rings (SSSR count). The summed E-state index contributed by atoms with van der Waals surface area (Å²) >= 11 is 0. The van der Waals surface area contributed by atoms with Gasteiger partial charge in [-0.25, -0.2) is 17.5 Å². The van der Waals surface area contributed by atoms with Gasteiger partial charge in [0, 0.05) is 12.0 Å². The number of methoxy groups -OCH3 is 1. The Morgan fingerprint density at radius 1 is 1.12 bits per heavy atom. The zero-order chi connectivity index (χ0) is 18.2. The lowest BCUT2D eigenvalue weighted by molar-refractivity contribution is 0.401. The minimum atomic E-state index is -3.70. The second-order valence-electron chi connectivity index (χ2n) is 6.70. The highest BCUT2D eigenvalue weighted by Gasteiger charge is 2.45. The molecule has 4 nitrogen and oxygen atoms in total. The van der Waals surface area contributed by atoms with Crippen LogP contribution in [0.2, 0.25) is 0 Å². The number of hydrogen-bond donors (Lipinski definition) is 1. The van der Waals surface area contributed by atoms with Crippen LogP contribution in [0.25, 0.3) is 0 Å². The molecule has 6 heteroatoms. The van der Waals surface area contributed by atoms with Crippen molar-refractivity contribution in [2.24, 2.45) is 0 Å². The van der Waals surface area contributed by atoms with Gasteiger partial charge >= 0.3 is 0 Å². The molecule has 0 atom stereocenters. The highest BCUT2D eigenvalue weighted by atomic mass is 32.2. The van der Waals surface area contributed by atoms with E-state index in [2.05, 4.69) is 4.72 Å². The summed E-state index contributed by atoms with van der Waals surface area (Å²) in [7, 11) is -2.24. The van der Waals surface area contributed by atoms with Crippen LogP contribution in [0.4, 0.5) is 4.39 Å². The van der Waals surface area contributed by atoms with E-state index in [9.17, 15) is 12.8 Å². The largest absolute Gasteiger partial charge is 0.495 e. The predicted molar refractivity (Wildman–Crippen MR) is 95.0 cm³/mol. The summed E-state index contributed by atoms with van der Waals surface area (Å²) in [5, 5.41) is 0. The number of hydrogen-bond acceptors (Lipinski definition) is 3. The molecule has 0 bridgehead atoms. The van der Waals surface area contributed by atoms with Crippen LogP contribution in [-0.4, -0.2) is 22.1 Å². The molecule has 0 aromatic heterocycles. The molecule has 0 saturated heterocycles. The zero-order valence-electron chi connectivity index (χ0n) is 14.6. The fraction of sp³-hybridized carbons (Fsp3) is 0.368. The third-order valence-corrected chi connectivity index (χ3v) is 6.40. The second kappa shape index (κ2) is 6.42. The Morgan fingerprint density at radius 3 is 2.28 bits per heavy atom. The molecule has 0 radical (unpaired) electrons. The number of ether oxygens (including phenoxy) is 1. The van der Waals surface area contributed by atoms with Crippen molar-refractivity contribution in [3.05, 3.63) is 58.9 Å². The summed E-state index contributed by atoms with van der Waals surface area (Å²) < 4.78 is 46.7. The first kappa shape index (κ1) is 17.9. The molecule has 0 heterocycles. The normalized spacial score (nSPS) is 15.8. The van der Waals surface area contributed by atoms with Gasteiger partial charge in [0.1, 0.15) is 16.5 Å². The fourth-order valence-electron chi connectivity index (χ4n) is 2.97. The maximum Gasteiger partial charge on any atom is 0.244 e. The molecular formula is C19H22FNO3S. The Morgan fingerprint density at radius 2 is 1.72 bits per heavy atom. The maximum atomic E-state index is 13.1. The van der Waals surface area contributed by atoms with Gasteiger partial charge in [0.2, 0.25) is 10.0 Å². The fourth-order valence-corrected chi connectivity index (χ4v) is 4.33. The van der Waals surface area contributed by atoms with Crippen LogP contribution in [0.5, 0.6) is 5.75 Å². The lowest BCUT2D eigenvalue weighted by Gasteiger charge is -2.18. The van der Waals surface area contributed by atoms with E-state index in [1.54, 1.807) is 24.3 Å². The minimum absolute atomic E-state index is 0.146. The van der Waals surface area contributed by atoms with Gasteiger partial charge in [-0.15, -0.1) is 0 Å². The third-order valence-electron chi connectivity index (χ3n) is 4.98. The van der Waals surface area contributed by atoms with Gasteiger partial charge in [-0.3, -0.25) is 0 Å². The smallest absolute Gasteiger partial charge is 0.244 e. The van der Waals surface area contributed by atoms with E-state index in [4.69, 9.17) is 4.74 Å². The lowest BCUT2D eigenvalue weighted by atomic mass is 9.96.